The van der Waals surface area contributed by atoms with Crippen LogP contribution in [0.1, 0.15) is 103 Å². The molecule has 3 aromatic carbocycles. The Morgan fingerprint density at radius 2 is 1.69 bits per heavy atom. The number of nitrogens with one attached hydrogen (secondary N) is 4. The molecule has 2 aliphatic heterocycles. The van der Waals surface area contributed by atoms with Gasteiger partial charge >= 0.3 is 0 Å². The number of piperazine rings is 1. The van der Waals surface area contributed by atoms with Crippen molar-refractivity contribution in [1.82, 2.24) is 35.6 Å². The number of benzene rings is 3. The third-order valence-electron chi connectivity index (χ3n) is 11.5. The van der Waals surface area contributed by atoms with Gasteiger partial charge in [-0.25, -0.2) is 14.1 Å². The van der Waals surface area contributed by atoms with Crippen LogP contribution in [-0.2, 0) is 42.8 Å². The molecule has 2 amide bonds. The van der Waals surface area contributed by atoms with Gasteiger partial charge in [0, 0.05) is 99.1 Å². The van der Waals surface area contributed by atoms with Gasteiger partial charge in [0.15, 0.2) is 5.65 Å². The number of carbonyl (C=O) groups is 2. The number of hydrogen-bond donors (Lipinski definition) is 4. The Balaban J connectivity index is 1.09. The van der Waals surface area contributed by atoms with E-state index in [0.717, 1.165) is 89.3 Å². The summed E-state index contributed by atoms with van der Waals surface area (Å²) in [6, 6.07) is 19.0. The van der Waals surface area contributed by atoms with Crippen LogP contribution in [0.5, 0.6) is 0 Å². The number of anilines is 1. The summed E-state index contributed by atoms with van der Waals surface area (Å²) < 4.78 is 22.8. The fourth-order valence-corrected chi connectivity index (χ4v) is 8.13. The number of aryl methyl sites for hydroxylation is 2. The number of aromatic nitrogens is 3. The molecular weight excluding hydrogens is 744 g/mol. The minimum atomic E-state index is -0.334. The molecule has 4 heterocycles. The van der Waals surface area contributed by atoms with Crippen LogP contribution >= 0.6 is 0 Å². The molecule has 0 radical (unpaired) electrons. The van der Waals surface area contributed by atoms with Gasteiger partial charge in [0.25, 0.3) is 11.8 Å². The first-order chi connectivity index (χ1) is 28.4. The maximum absolute atomic E-state index is 15.3. The Labute approximate surface area is 347 Å². The second-order valence-corrected chi connectivity index (χ2v) is 17.0. The molecule has 0 spiro atoms. The zero-order chi connectivity index (χ0) is 41.7. The molecule has 2 fully saturated rings. The molecule has 0 bridgehead atoms. The topological polar surface area (TPSA) is 125 Å². The predicted octanol–water partition coefficient (Wildman–Crippen LogP) is 7.36. The van der Waals surface area contributed by atoms with Gasteiger partial charge in [-0.2, -0.15) is 5.10 Å². The molecule has 312 valence electrons. The molecule has 4 N–H and O–H groups in total. The van der Waals surface area contributed by atoms with Crippen molar-refractivity contribution in [3.63, 3.8) is 0 Å². The Hall–Kier alpha value is -5.17. The number of nitrogens with zero attached hydrogens (tertiary/aromatic N) is 4. The van der Waals surface area contributed by atoms with Crippen LogP contribution < -0.4 is 21.3 Å². The molecule has 2 aliphatic rings. The van der Waals surface area contributed by atoms with Crippen LogP contribution in [0.3, 0.4) is 0 Å². The van der Waals surface area contributed by atoms with E-state index in [0.29, 0.717) is 48.9 Å². The molecule has 11 nitrogen and oxygen atoms in total. The minimum absolute atomic E-state index is 0.193. The van der Waals surface area contributed by atoms with Crippen LogP contribution in [0, 0.1) is 5.82 Å². The number of halogens is 1. The summed E-state index contributed by atoms with van der Waals surface area (Å²) >= 11 is 0. The molecule has 2 aromatic heterocycles. The van der Waals surface area contributed by atoms with Crippen molar-refractivity contribution < 1.29 is 18.7 Å². The predicted molar refractivity (Wildman–Crippen MR) is 232 cm³/mol. The Bertz CT molecular complexity index is 2290. The average Bonchev–Trinajstić information content (AvgIpc) is 3.65. The average molecular weight is 803 g/mol. The van der Waals surface area contributed by atoms with E-state index in [-0.39, 0.29) is 42.2 Å². The lowest BCUT2D eigenvalue weighted by Crippen LogP contribution is -2.48. The zero-order valence-corrected chi connectivity index (χ0v) is 35.4. The first-order valence-electron chi connectivity index (χ1n) is 21.2. The second kappa shape index (κ2) is 18.4. The van der Waals surface area contributed by atoms with E-state index >= 15 is 4.39 Å². The van der Waals surface area contributed by atoms with Crippen LogP contribution in [0.25, 0.3) is 22.2 Å². The van der Waals surface area contributed by atoms with Crippen LogP contribution in [0.15, 0.2) is 66.9 Å². The van der Waals surface area contributed by atoms with Crippen LogP contribution in [0.4, 0.5) is 10.1 Å². The molecule has 7 rings (SSSR count). The number of amides is 2. The largest absolute Gasteiger partial charge is 0.381 e. The van der Waals surface area contributed by atoms with Gasteiger partial charge in [0.1, 0.15) is 5.82 Å². The Morgan fingerprint density at radius 1 is 0.949 bits per heavy atom. The highest BCUT2D eigenvalue weighted by molar-refractivity contribution is 6.00. The van der Waals surface area contributed by atoms with Gasteiger partial charge in [0.2, 0.25) is 0 Å². The number of ether oxygens (including phenoxy) is 1. The smallest absolute Gasteiger partial charge is 0.251 e. The van der Waals surface area contributed by atoms with Crippen LogP contribution in [-0.4, -0.2) is 76.4 Å². The van der Waals surface area contributed by atoms with E-state index in [4.69, 9.17) is 9.72 Å². The summed E-state index contributed by atoms with van der Waals surface area (Å²) in [5.41, 5.74) is 8.10. The van der Waals surface area contributed by atoms with Crippen molar-refractivity contribution in [2.24, 2.45) is 0 Å². The standard InChI is InChI=1S/C47H59FN8O3/c1-7-42-39(43(53-37-14-18-59-19-15-37)40-27-52-56(8-2)44(40)54-42)26-51-46(58)35-22-34(23-36(24-35)47(4,5)6)45(57)50-25-31-12-13-41(48)38(21-31)33-11-9-10-32(20-33)29-55-17-16-49-30(3)28-55/h9-13,20-24,27,30,37,49H,7-8,14-19,25-26,28-29H2,1-6H3,(H,50,57)(H,51,58)(H,53,54)/t30-/m0/s1. The minimum Gasteiger partial charge on any atom is -0.381 e. The Morgan fingerprint density at radius 3 is 2.39 bits per heavy atom. The number of pyridine rings is 1. The lowest BCUT2D eigenvalue weighted by Gasteiger charge is -2.31. The molecule has 0 aliphatic carbocycles. The highest BCUT2D eigenvalue weighted by Crippen LogP contribution is 2.32. The van der Waals surface area contributed by atoms with Crippen molar-refractivity contribution >= 4 is 28.5 Å². The molecule has 1 atom stereocenters. The summed E-state index contributed by atoms with van der Waals surface area (Å²) in [6.45, 7) is 18.7. The highest BCUT2D eigenvalue weighted by atomic mass is 19.1. The van der Waals surface area contributed by atoms with Gasteiger partial charge in [-0.3, -0.25) is 14.5 Å². The van der Waals surface area contributed by atoms with Crippen molar-refractivity contribution in [2.75, 3.05) is 38.2 Å². The van der Waals surface area contributed by atoms with Gasteiger partial charge in [-0.15, -0.1) is 0 Å². The Kier molecular flexibility index (Phi) is 13.1. The van der Waals surface area contributed by atoms with Gasteiger partial charge in [-0.1, -0.05) is 52.0 Å². The lowest BCUT2D eigenvalue weighted by molar-refractivity contribution is 0.0904. The summed E-state index contributed by atoms with van der Waals surface area (Å²) in [5, 5.41) is 19.0. The highest BCUT2D eigenvalue weighted by Gasteiger charge is 2.24. The van der Waals surface area contributed by atoms with E-state index < -0.39 is 0 Å². The maximum Gasteiger partial charge on any atom is 0.251 e. The molecule has 5 aromatic rings. The third-order valence-corrected chi connectivity index (χ3v) is 11.5. The zero-order valence-electron chi connectivity index (χ0n) is 35.4. The number of fused-ring (bicyclic) bond motifs is 1. The van der Waals surface area contributed by atoms with E-state index in [1.165, 1.54) is 6.07 Å². The fourth-order valence-electron chi connectivity index (χ4n) is 8.13. The molecular formula is C47H59FN8O3. The lowest BCUT2D eigenvalue weighted by atomic mass is 9.85. The first-order valence-corrected chi connectivity index (χ1v) is 21.2. The van der Waals surface area contributed by atoms with E-state index in [9.17, 15) is 9.59 Å². The number of carbonyl (C=O) groups excluding carboxylic acids is 2. The summed E-state index contributed by atoms with van der Waals surface area (Å²) in [6.07, 6.45) is 4.31. The SMILES string of the molecule is CCc1nc2c(cnn2CC)c(NC2CCOCC2)c1CNC(=O)c1cc(C(=O)NCc2ccc(F)c(-c3cccc(CN4CCN[C@@H](C)C4)c3)c2)cc(C(C)(C)C)c1. The summed E-state index contributed by atoms with van der Waals surface area (Å²) in [4.78, 5) is 35.3. The molecule has 12 heteroatoms. The summed E-state index contributed by atoms with van der Waals surface area (Å²) in [5.74, 6) is -0.918. The van der Waals surface area contributed by atoms with Crippen molar-refractivity contribution in [2.45, 2.75) is 104 Å². The second-order valence-electron chi connectivity index (χ2n) is 17.0. The number of rotatable bonds is 13. The quantitative estimate of drug-likeness (QED) is 0.0974. The first kappa shape index (κ1) is 42.0. The summed E-state index contributed by atoms with van der Waals surface area (Å²) in [7, 11) is 0. The monoisotopic (exact) mass is 802 g/mol. The molecule has 2 saturated heterocycles. The molecule has 0 saturated carbocycles. The van der Waals surface area contributed by atoms with E-state index in [2.05, 4.69) is 84.9 Å². The number of hydrogen-bond acceptors (Lipinski definition) is 8. The third kappa shape index (κ3) is 10.0. The molecule has 59 heavy (non-hydrogen) atoms. The van der Waals surface area contributed by atoms with Crippen LogP contribution in [0.2, 0.25) is 0 Å². The fraction of sp³-hybridized carbons (Fsp3) is 0.447. The van der Waals surface area contributed by atoms with Gasteiger partial charge in [-0.05, 0) is 97.2 Å². The van der Waals surface area contributed by atoms with Crippen molar-refractivity contribution in [3.05, 3.63) is 112 Å². The van der Waals surface area contributed by atoms with Crippen molar-refractivity contribution in [1.29, 1.82) is 0 Å². The van der Waals surface area contributed by atoms with Gasteiger partial charge in [0.05, 0.1) is 17.3 Å². The van der Waals surface area contributed by atoms with Gasteiger partial charge < -0.3 is 26.0 Å². The normalized spacial score (nSPS) is 16.6. The maximum atomic E-state index is 15.3. The van der Waals surface area contributed by atoms with E-state index in [1.807, 2.05) is 35.1 Å². The molecule has 0 unspecified atom stereocenters. The van der Waals surface area contributed by atoms with E-state index in [1.54, 1.807) is 18.2 Å². The van der Waals surface area contributed by atoms with Crippen molar-refractivity contribution in [3.8, 4) is 11.1 Å².